The van der Waals surface area contributed by atoms with Crippen molar-refractivity contribution in [2.24, 2.45) is 0 Å². The van der Waals surface area contributed by atoms with E-state index in [2.05, 4.69) is 40.8 Å². The molecule has 3 nitrogen and oxygen atoms in total. The molecule has 1 saturated heterocycles. The molecule has 0 atom stereocenters. The SMILES string of the molecule is CC(C)N1CCN(c2ccc(-c3ccc(F)cc3)cn2)CC1.Cl.Cl. The van der Waals surface area contributed by atoms with Gasteiger partial charge in [0.25, 0.3) is 0 Å². The molecule has 2 aromatic rings. The van der Waals surface area contributed by atoms with Gasteiger partial charge in [-0.05, 0) is 43.7 Å². The minimum Gasteiger partial charge on any atom is -0.354 e. The van der Waals surface area contributed by atoms with Crippen LogP contribution in [-0.2, 0) is 0 Å². The smallest absolute Gasteiger partial charge is 0.128 e. The number of hydrogen-bond donors (Lipinski definition) is 0. The van der Waals surface area contributed by atoms with Crippen molar-refractivity contribution in [3.05, 3.63) is 48.4 Å². The minimum absolute atomic E-state index is 0. The van der Waals surface area contributed by atoms with Crippen molar-refractivity contribution < 1.29 is 4.39 Å². The Bertz CT molecular complexity index is 609. The lowest BCUT2D eigenvalue weighted by molar-refractivity contribution is 0.209. The number of benzene rings is 1. The van der Waals surface area contributed by atoms with Crippen LogP contribution in [0.2, 0.25) is 0 Å². The van der Waals surface area contributed by atoms with Crippen LogP contribution in [0, 0.1) is 5.82 Å². The van der Waals surface area contributed by atoms with Crippen molar-refractivity contribution in [2.75, 3.05) is 31.1 Å². The van der Waals surface area contributed by atoms with Gasteiger partial charge in [0.05, 0.1) is 0 Å². The molecule has 3 rings (SSSR count). The topological polar surface area (TPSA) is 19.4 Å². The predicted octanol–water partition coefficient (Wildman–Crippen LogP) is 4.26. The first-order valence-electron chi connectivity index (χ1n) is 7.84. The van der Waals surface area contributed by atoms with E-state index in [0.717, 1.165) is 43.1 Å². The Morgan fingerprint density at radius 1 is 0.875 bits per heavy atom. The maximum atomic E-state index is 13.0. The highest BCUT2D eigenvalue weighted by atomic mass is 35.5. The lowest BCUT2D eigenvalue weighted by Gasteiger charge is -2.37. The predicted molar refractivity (Wildman–Crippen MR) is 103 cm³/mol. The number of rotatable bonds is 3. The fourth-order valence-corrected chi connectivity index (χ4v) is 2.85. The average molecular weight is 372 g/mol. The highest BCUT2D eigenvalue weighted by Gasteiger charge is 2.19. The van der Waals surface area contributed by atoms with Crippen LogP contribution in [0.15, 0.2) is 42.6 Å². The Morgan fingerprint density at radius 3 is 1.96 bits per heavy atom. The number of piperazine rings is 1. The maximum absolute atomic E-state index is 13.0. The second-order valence-electron chi connectivity index (χ2n) is 6.03. The standard InChI is InChI=1S/C18H22FN3.2ClH/c1-14(2)21-9-11-22(12-10-21)18-8-5-16(13-20-18)15-3-6-17(19)7-4-15;;/h3-8,13-14H,9-12H2,1-2H3;2*1H. The van der Waals surface area contributed by atoms with Gasteiger partial charge in [-0.25, -0.2) is 9.37 Å². The van der Waals surface area contributed by atoms with E-state index >= 15 is 0 Å². The van der Waals surface area contributed by atoms with Crippen LogP contribution in [0.25, 0.3) is 11.1 Å². The molecule has 0 unspecified atom stereocenters. The van der Waals surface area contributed by atoms with Gasteiger partial charge in [0.15, 0.2) is 0 Å². The lowest BCUT2D eigenvalue weighted by atomic mass is 10.1. The van der Waals surface area contributed by atoms with Crippen LogP contribution in [-0.4, -0.2) is 42.1 Å². The van der Waals surface area contributed by atoms with Gasteiger partial charge in [-0.1, -0.05) is 12.1 Å². The van der Waals surface area contributed by atoms with Gasteiger partial charge in [0.1, 0.15) is 11.6 Å². The Hall–Kier alpha value is -1.36. The monoisotopic (exact) mass is 371 g/mol. The van der Waals surface area contributed by atoms with Gasteiger partial charge in [0.2, 0.25) is 0 Å². The molecule has 0 amide bonds. The third-order valence-electron chi connectivity index (χ3n) is 4.29. The fourth-order valence-electron chi connectivity index (χ4n) is 2.85. The van der Waals surface area contributed by atoms with E-state index in [0.29, 0.717) is 6.04 Å². The van der Waals surface area contributed by atoms with Crippen molar-refractivity contribution in [3.63, 3.8) is 0 Å². The van der Waals surface area contributed by atoms with Crippen molar-refractivity contribution in [1.82, 2.24) is 9.88 Å². The third-order valence-corrected chi connectivity index (χ3v) is 4.29. The van der Waals surface area contributed by atoms with Crippen molar-refractivity contribution in [1.29, 1.82) is 0 Å². The number of halogens is 3. The highest BCUT2D eigenvalue weighted by molar-refractivity contribution is 5.85. The largest absolute Gasteiger partial charge is 0.354 e. The summed E-state index contributed by atoms with van der Waals surface area (Å²) in [7, 11) is 0. The summed E-state index contributed by atoms with van der Waals surface area (Å²) in [4.78, 5) is 9.40. The van der Waals surface area contributed by atoms with Crippen LogP contribution in [0.1, 0.15) is 13.8 Å². The van der Waals surface area contributed by atoms with Gasteiger partial charge in [-0.2, -0.15) is 0 Å². The first kappa shape index (κ1) is 20.7. The Kier molecular flexibility index (Phi) is 7.94. The zero-order valence-corrected chi connectivity index (χ0v) is 15.6. The molecule has 6 heteroatoms. The molecule has 0 radical (unpaired) electrons. The number of nitrogens with zero attached hydrogens (tertiary/aromatic N) is 3. The van der Waals surface area contributed by atoms with Gasteiger partial charge in [-0.15, -0.1) is 24.8 Å². The summed E-state index contributed by atoms with van der Waals surface area (Å²) in [6, 6.07) is 11.3. The van der Waals surface area contributed by atoms with Crippen LogP contribution < -0.4 is 4.90 Å². The molecule has 2 heterocycles. The van der Waals surface area contributed by atoms with Crippen LogP contribution in [0.4, 0.5) is 10.2 Å². The number of hydrogen-bond acceptors (Lipinski definition) is 3. The second-order valence-corrected chi connectivity index (χ2v) is 6.03. The zero-order chi connectivity index (χ0) is 15.5. The summed E-state index contributed by atoms with van der Waals surface area (Å²) in [6.45, 7) is 8.68. The number of anilines is 1. The van der Waals surface area contributed by atoms with Crippen molar-refractivity contribution in [3.8, 4) is 11.1 Å². The third kappa shape index (κ3) is 4.82. The second kappa shape index (κ2) is 9.21. The summed E-state index contributed by atoms with van der Waals surface area (Å²) in [5, 5.41) is 0. The first-order chi connectivity index (χ1) is 10.6. The van der Waals surface area contributed by atoms with Crippen molar-refractivity contribution >= 4 is 30.6 Å². The van der Waals surface area contributed by atoms with E-state index < -0.39 is 0 Å². The molecule has 1 fully saturated rings. The first-order valence-corrected chi connectivity index (χ1v) is 7.84. The molecule has 0 bridgehead atoms. The van der Waals surface area contributed by atoms with E-state index in [4.69, 9.17) is 0 Å². The molecular weight excluding hydrogens is 348 g/mol. The zero-order valence-electron chi connectivity index (χ0n) is 14.0. The fraction of sp³-hybridized carbons (Fsp3) is 0.389. The number of pyridine rings is 1. The molecule has 1 aromatic carbocycles. The maximum Gasteiger partial charge on any atom is 0.128 e. The summed E-state index contributed by atoms with van der Waals surface area (Å²) in [5.41, 5.74) is 2.01. The Labute approximate surface area is 155 Å². The van der Waals surface area contributed by atoms with E-state index in [-0.39, 0.29) is 30.6 Å². The summed E-state index contributed by atoms with van der Waals surface area (Å²) in [5.74, 6) is 0.811. The van der Waals surface area contributed by atoms with Gasteiger partial charge >= 0.3 is 0 Å². The molecule has 1 aromatic heterocycles. The Morgan fingerprint density at radius 2 is 1.46 bits per heavy atom. The molecular formula is C18H24Cl2FN3. The molecule has 1 aliphatic rings. The van der Waals surface area contributed by atoms with E-state index in [1.165, 1.54) is 12.1 Å². The Balaban J connectivity index is 0.00000144. The molecule has 24 heavy (non-hydrogen) atoms. The molecule has 0 saturated carbocycles. The van der Waals surface area contributed by atoms with Gasteiger partial charge in [-0.3, -0.25) is 4.90 Å². The average Bonchev–Trinajstić information content (AvgIpc) is 2.56. The van der Waals surface area contributed by atoms with Crippen LogP contribution in [0.3, 0.4) is 0 Å². The summed E-state index contributed by atoms with van der Waals surface area (Å²) in [6.07, 6.45) is 1.87. The molecule has 0 spiro atoms. The quantitative estimate of drug-likeness (QED) is 0.803. The normalized spacial score (nSPS) is 14.9. The summed E-state index contributed by atoms with van der Waals surface area (Å²) < 4.78 is 13.0. The van der Waals surface area contributed by atoms with Crippen LogP contribution >= 0.6 is 24.8 Å². The number of aromatic nitrogens is 1. The van der Waals surface area contributed by atoms with Crippen LogP contribution in [0.5, 0.6) is 0 Å². The van der Waals surface area contributed by atoms with E-state index in [1.54, 1.807) is 12.1 Å². The van der Waals surface area contributed by atoms with Crippen molar-refractivity contribution in [2.45, 2.75) is 19.9 Å². The molecule has 0 aliphatic carbocycles. The molecule has 1 aliphatic heterocycles. The van der Waals surface area contributed by atoms with Gasteiger partial charge in [0, 0.05) is 44.0 Å². The summed E-state index contributed by atoms with van der Waals surface area (Å²) >= 11 is 0. The van der Waals surface area contributed by atoms with E-state index in [1.807, 2.05) is 6.20 Å². The molecule has 0 N–H and O–H groups in total. The van der Waals surface area contributed by atoms with E-state index in [9.17, 15) is 4.39 Å². The molecule has 132 valence electrons. The minimum atomic E-state index is -0.212. The lowest BCUT2D eigenvalue weighted by Crippen LogP contribution is -2.49. The van der Waals surface area contributed by atoms with Gasteiger partial charge < -0.3 is 4.90 Å². The highest BCUT2D eigenvalue weighted by Crippen LogP contribution is 2.22.